The van der Waals surface area contributed by atoms with Gasteiger partial charge in [0, 0.05) is 18.3 Å². The van der Waals surface area contributed by atoms with Gasteiger partial charge >= 0.3 is 0 Å². The first-order valence-electron chi connectivity index (χ1n) is 5.71. The summed E-state index contributed by atoms with van der Waals surface area (Å²) in [6.07, 6.45) is 0. The highest BCUT2D eigenvalue weighted by atomic mass is 32.1. The average Bonchev–Trinajstić information content (AvgIpc) is 2.54. The van der Waals surface area contributed by atoms with E-state index in [9.17, 15) is 9.59 Å². The lowest BCUT2D eigenvalue weighted by molar-refractivity contribution is -0.118. The third-order valence-electron chi connectivity index (χ3n) is 2.47. The van der Waals surface area contributed by atoms with Crippen molar-refractivity contribution in [1.29, 1.82) is 0 Å². The number of ketones is 1. The zero-order valence-electron chi connectivity index (χ0n) is 11.4. The molecule has 6 heteroatoms. The number of aryl methyl sites for hydroxylation is 1. The molecule has 1 heterocycles. The number of Topliss-reactive ketones (excluding diaryl/α,β-unsaturated/α-hetero) is 1. The molecule has 0 aliphatic rings. The molecule has 100 valence electrons. The van der Waals surface area contributed by atoms with E-state index in [-0.39, 0.29) is 17.6 Å². The van der Waals surface area contributed by atoms with Gasteiger partial charge in [-0.25, -0.2) is 4.98 Å². The van der Waals surface area contributed by atoms with E-state index in [1.807, 2.05) is 25.9 Å². The highest BCUT2D eigenvalue weighted by Crippen LogP contribution is 2.30. The van der Waals surface area contributed by atoms with Crippen molar-refractivity contribution in [3.8, 4) is 0 Å². The summed E-state index contributed by atoms with van der Waals surface area (Å²) < 4.78 is 0. The Bertz CT molecular complexity index is 454. The molecule has 0 aliphatic carbocycles. The van der Waals surface area contributed by atoms with Crippen LogP contribution < -0.4 is 5.32 Å². The van der Waals surface area contributed by atoms with Crippen LogP contribution in [0.25, 0.3) is 0 Å². The minimum absolute atomic E-state index is 0.116. The minimum Gasteiger partial charge on any atom is -0.308 e. The van der Waals surface area contributed by atoms with Crippen LogP contribution in [-0.4, -0.2) is 42.2 Å². The largest absolute Gasteiger partial charge is 0.308 e. The molecule has 5 nitrogen and oxygen atoms in total. The maximum Gasteiger partial charge on any atom is 0.223 e. The van der Waals surface area contributed by atoms with Gasteiger partial charge in [-0.1, -0.05) is 0 Å². The molecule has 18 heavy (non-hydrogen) atoms. The monoisotopic (exact) mass is 269 g/mol. The Morgan fingerprint density at radius 1 is 1.39 bits per heavy atom. The van der Waals surface area contributed by atoms with Gasteiger partial charge in [-0.05, 0) is 27.9 Å². The van der Waals surface area contributed by atoms with E-state index in [0.29, 0.717) is 11.7 Å². The molecule has 0 aliphatic heterocycles. The SMILES string of the molecule is CC(=O)Nc1nc(C)c(C(CN(C)C)C(C)=O)s1. The summed E-state index contributed by atoms with van der Waals surface area (Å²) in [4.78, 5) is 29.9. The summed E-state index contributed by atoms with van der Waals surface area (Å²) in [6, 6.07) is 0. The first-order valence-corrected chi connectivity index (χ1v) is 6.53. The van der Waals surface area contributed by atoms with Crippen molar-refractivity contribution in [2.45, 2.75) is 26.7 Å². The molecule has 0 bridgehead atoms. The van der Waals surface area contributed by atoms with Gasteiger partial charge in [0.05, 0.1) is 11.6 Å². The maximum atomic E-state index is 11.7. The Morgan fingerprint density at radius 3 is 2.44 bits per heavy atom. The number of carbonyl (C=O) groups is 2. The van der Waals surface area contributed by atoms with Crippen LogP contribution in [0.2, 0.25) is 0 Å². The number of carbonyl (C=O) groups excluding carboxylic acids is 2. The number of rotatable bonds is 5. The smallest absolute Gasteiger partial charge is 0.223 e. The summed E-state index contributed by atoms with van der Waals surface area (Å²) in [5.41, 5.74) is 0.811. The fourth-order valence-corrected chi connectivity index (χ4v) is 2.86. The van der Waals surface area contributed by atoms with Gasteiger partial charge in [0.2, 0.25) is 5.91 Å². The van der Waals surface area contributed by atoms with Gasteiger partial charge in [0.25, 0.3) is 0 Å². The molecule has 1 aromatic rings. The molecule has 1 atom stereocenters. The van der Waals surface area contributed by atoms with Gasteiger partial charge < -0.3 is 10.2 Å². The number of thiazole rings is 1. The van der Waals surface area contributed by atoms with Crippen molar-refractivity contribution in [3.63, 3.8) is 0 Å². The molecule has 1 N–H and O–H groups in total. The summed E-state index contributed by atoms with van der Waals surface area (Å²) >= 11 is 1.38. The summed E-state index contributed by atoms with van der Waals surface area (Å²) in [7, 11) is 3.86. The first-order chi connectivity index (χ1) is 8.31. The normalized spacial score (nSPS) is 12.6. The van der Waals surface area contributed by atoms with Crippen LogP contribution >= 0.6 is 11.3 Å². The zero-order valence-corrected chi connectivity index (χ0v) is 12.2. The van der Waals surface area contributed by atoms with Crippen molar-refractivity contribution in [3.05, 3.63) is 10.6 Å². The van der Waals surface area contributed by atoms with Crippen molar-refractivity contribution in [2.75, 3.05) is 26.0 Å². The second-order valence-electron chi connectivity index (χ2n) is 4.58. The predicted octanol–water partition coefficient (Wildman–Crippen LogP) is 1.64. The lowest BCUT2D eigenvalue weighted by atomic mass is 10.0. The van der Waals surface area contributed by atoms with Gasteiger partial charge in [-0.15, -0.1) is 11.3 Å². The zero-order chi connectivity index (χ0) is 13.9. The molecular formula is C12H19N3O2S. The molecule has 0 radical (unpaired) electrons. The topological polar surface area (TPSA) is 62.3 Å². The van der Waals surface area contributed by atoms with Crippen molar-refractivity contribution in [2.24, 2.45) is 0 Å². The van der Waals surface area contributed by atoms with Gasteiger partial charge in [-0.3, -0.25) is 9.59 Å². The second kappa shape index (κ2) is 6.06. The third-order valence-corrected chi connectivity index (χ3v) is 3.66. The lowest BCUT2D eigenvalue weighted by Gasteiger charge is -2.17. The van der Waals surface area contributed by atoms with Crippen molar-refractivity contribution in [1.82, 2.24) is 9.88 Å². The lowest BCUT2D eigenvalue weighted by Crippen LogP contribution is -2.24. The minimum atomic E-state index is -0.181. The molecule has 1 rings (SSSR count). The van der Waals surface area contributed by atoms with Crippen molar-refractivity contribution < 1.29 is 9.59 Å². The Kier molecular flexibility index (Phi) is 4.98. The summed E-state index contributed by atoms with van der Waals surface area (Å²) in [6.45, 7) is 5.55. The quantitative estimate of drug-likeness (QED) is 0.882. The number of amides is 1. The summed E-state index contributed by atoms with van der Waals surface area (Å²) in [5, 5.41) is 3.21. The number of hydrogen-bond acceptors (Lipinski definition) is 5. The van der Waals surface area contributed by atoms with Gasteiger partial charge in [0.15, 0.2) is 5.13 Å². The Hall–Kier alpha value is -1.27. The second-order valence-corrected chi connectivity index (χ2v) is 5.61. The predicted molar refractivity (Wildman–Crippen MR) is 73.1 cm³/mol. The number of nitrogens with zero attached hydrogens (tertiary/aromatic N) is 2. The Labute approximate surface area is 111 Å². The van der Waals surface area contributed by atoms with E-state index in [2.05, 4.69) is 10.3 Å². The van der Waals surface area contributed by atoms with Gasteiger partial charge in [-0.2, -0.15) is 0 Å². The molecule has 1 amide bonds. The molecular weight excluding hydrogens is 250 g/mol. The molecule has 0 saturated carbocycles. The van der Waals surface area contributed by atoms with E-state index in [4.69, 9.17) is 0 Å². The molecule has 1 aromatic heterocycles. The average molecular weight is 269 g/mol. The van der Waals surface area contributed by atoms with E-state index < -0.39 is 0 Å². The van der Waals surface area contributed by atoms with Crippen LogP contribution in [0.3, 0.4) is 0 Å². The number of hydrogen-bond donors (Lipinski definition) is 1. The van der Waals surface area contributed by atoms with Crippen LogP contribution in [0.4, 0.5) is 5.13 Å². The molecule has 1 unspecified atom stereocenters. The number of aromatic nitrogens is 1. The van der Waals surface area contributed by atoms with Gasteiger partial charge in [0.1, 0.15) is 5.78 Å². The van der Waals surface area contributed by atoms with Crippen LogP contribution in [0.15, 0.2) is 0 Å². The number of likely N-dealkylation sites (N-methyl/N-ethyl adjacent to an activating group) is 1. The fourth-order valence-electron chi connectivity index (χ4n) is 1.70. The molecule has 0 aromatic carbocycles. The first kappa shape index (κ1) is 14.8. The third kappa shape index (κ3) is 3.89. The molecule has 0 fully saturated rings. The highest BCUT2D eigenvalue weighted by Gasteiger charge is 2.23. The van der Waals surface area contributed by atoms with Crippen LogP contribution in [-0.2, 0) is 9.59 Å². The number of nitrogens with one attached hydrogen (secondary N) is 1. The van der Waals surface area contributed by atoms with E-state index >= 15 is 0 Å². The fraction of sp³-hybridized carbons (Fsp3) is 0.583. The standard InChI is InChI=1S/C12H19N3O2S/c1-7-11(10(8(2)16)6-15(4)5)18-12(13-7)14-9(3)17/h10H,6H2,1-5H3,(H,13,14,17). The maximum absolute atomic E-state index is 11.7. The number of anilines is 1. The van der Waals surface area contributed by atoms with Crippen LogP contribution in [0.5, 0.6) is 0 Å². The van der Waals surface area contributed by atoms with Crippen LogP contribution in [0.1, 0.15) is 30.3 Å². The van der Waals surface area contributed by atoms with E-state index in [1.54, 1.807) is 6.92 Å². The highest BCUT2D eigenvalue weighted by molar-refractivity contribution is 7.16. The summed E-state index contributed by atoms with van der Waals surface area (Å²) in [5.74, 6) is -0.216. The van der Waals surface area contributed by atoms with E-state index in [0.717, 1.165) is 10.6 Å². The van der Waals surface area contributed by atoms with E-state index in [1.165, 1.54) is 18.3 Å². The Morgan fingerprint density at radius 2 is 2.00 bits per heavy atom. The molecule has 0 saturated heterocycles. The Balaban J connectivity index is 3.01. The molecule has 0 spiro atoms. The van der Waals surface area contributed by atoms with Crippen molar-refractivity contribution >= 4 is 28.2 Å². The van der Waals surface area contributed by atoms with Crippen LogP contribution in [0, 0.1) is 6.92 Å².